The molecule has 0 aliphatic carbocycles. The highest BCUT2D eigenvalue weighted by atomic mass is 79.9. The number of carbonyl (C=O) groups excluding carboxylic acids is 1. The molecule has 0 fully saturated rings. The molecule has 0 saturated heterocycles. The van der Waals surface area contributed by atoms with Crippen LogP contribution in [0.3, 0.4) is 0 Å². The Bertz CT molecular complexity index is 398. The van der Waals surface area contributed by atoms with Gasteiger partial charge in [0.25, 0.3) is 0 Å². The smallest absolute Gasteiger partial charge is 0.224 e. The van der Waals surface area contributed by atoms with Crippen molar-refractivity contribution < 1.29 is 4.79 Å². The van der Waals surface area contributed by atoms with Crippen molar-refractivity contribution in [1.82, 2.24) is 5.32 Å². The van der Waals surface area contributed by atoms with Gasteiger partial charge in [-0.15, -0.1) is 0 Å². The summed E-state index contributed by atoms with van der Waals surface area (Å²) in [6.45, 7) is 5.87. The van der Waals surface area contributed by atoms with Gasteiger partial charge in [0.1, 0.15) is 0 Å². The number of hydrogen-bond donors (Lipinski definition) is 1. The molecule has 1 aromatic carbocycles. The predicted molar refractivity (Wildman–Crippen MR) is 70.8 cm³/mol. The van der Waals surface area contributed by atoms with Crippen LogP contribution in [-0.4, -0.2) is 11.4 Å². The first-order chi connectivity index (χ1) is 7.29. The molecule has 1 rings (SSSR count). The summed E-state index contributed by atoms with van der Waals surface area (Å²) in [6.07, 6.45) is 0.332. The van der Waals surface area contributed by atoms with Crippen molar-refractivity contribution in [3.63, 3.8) is 0 Å². The van der Waals surface area contributed by atoms with Crippen molar-refractivity contribution in [2.75, 3.05) is 0 Å². The van der Waals surface area contributed by atoms with E-state index in [-0.39, 0.29) is 11.4 Å². The van der Waals surface area contributed by atoms with Gasteiger partial charge in [-0.3, -0.25) is 4.79 Å². The number of carbonyl (C=O) groups is 1. The third-order valence-corrected chi connectivity index (χ3v) is 3.38. The maximum atomic E-state index is 11.7. The molecular formula is C12H15BrClNO. The Morgan fingerprint density at radius 1 is 1.44 bits per heavy atom. The number of rotatable bonds is 2. The van der Waals surface area contributed by atoms with Crippen molar-refractivity contribution >= 4 is 33.4 Å². The quantitative estimate of drug-likeness (QED) is 0.889. The van der Waals surface area contributed by atoms with Crippen molar-refractivity contribution in [3.05, 3.63) is 33.3 Å². The summed E-state index contributed by atoms with van der Waals surface area (Å²) in [5, 5.41) is 3.54. The molecule has 4 heteroatoms. The average molecular weight is 305 g/mol. The first-order valence-electron chi connectivity index (χ1n) is 5.03. The summed E-state index contributed by atoms with van der Waals surface area (Å²) in [5.41, 5.74) is 0.691. The molecule has 2 nitrogen and oxygen atoms in total. The lowest BCUT2D eigenvalue weighted by atomic mass is 10.1. The fourth-order valence-electron chi connectivity index (χ4n) is 1.32. The van der Waals surface area contributed by atoms with Crippen molar-refractivity contribution in [1.29, 1.82) is 0 Å². The molecule has 16 heavy (non-hydrogen) atoms. The van der Waals surface area contributed by atoms with Crippen LogP contribution >= 0.6 is 27.5 Å². The van der Waals surface area contributed by atoms with E-state index in [0.717, 1.165) is 10.0 Å². The lowest BCUT2D eigenvalue weighted by Crippen LogP contribution is -2.41. The molecule has 1 N–H and O–H groups in total. The highest BCUT2D eigenvalue weighted by Crippen LogP contribution is 2.26. The van der Waals surface area contributed by atoms with E-state index in [1.807, 2.05) is 32.9 Å². The van der Waals surface area contributed by atoms with Gasteiger partial charge in [0.15, 0.2) is 0 Å². The lowest BCUT2D eigenvalue weighted by molar-refractivity contribution is -0.121. The molecule has 0 aliphatic rings. The van der Waals surface area contributed by atoms with Gasteiger partial charge >= 0.3 is 0 Å². The fraction of sp³-hybridized carbons (Fsp3) is 0.417. The molecule has 1 amide bonds. The van der Waals surface area contributed by atoms with Gasteiger partial charge in [-0.25, -0.2) is 0 Å². The van der Waals surface area contributed by atoms with Crippen LogP contribution in [0.5, 0.6) is 0 Å². The van der Waals surface area contributed by atoms with E-state index in [0.29, 0.717) is 11.4 Å². The number of amides is 1. The Hall–Kier alpha value is -0.540. The van der Waals surface area contributed by atoms with Crippen LogP contribution in [0.1, 0.15) is 26.3 Å². The van der Waals surface area contributed by atoms with Crippen LogP contribution in [0.15, 0.2) is 22.7 Å². The summed E-state index contributed by atoms with van der Waals surface area (Å²) in [4.78, 5) is 11.7. The number of halogens is 2. The molecule has 1 aromatic rings. The Kier molecular flexibility index (Phi) is 4.39. The third kappa shape index (κ3) is 4.14. The minimum atomic E-state index is -0.206. The molecule has 0 heterocycles. The minimum absolute atomic E-state index is 0.00420. The number of nitrogens with one attached hydrogen (secondary N) is 1. The molecule has 0 aromatic heterocycles. The van der Waals surface area contributed by atoms with Gasteiger partial charge in [0, 0.05) is 10.0 Å². The normalized spacial score (nSPS) is 11.3. The zero-order valence-electron chi connectivity index (χ0n) is 9.60. The van der Waals surface area contributed by atoms with E-state index >= 15 is 0 Å². The van der Waals surface area contributed by atoms with Crippen molar-refractivity contribution in [2.45, 2.75) is 32.7 Å². The van der Waals surface area contributed by atoms with Crippen LogP contribution in [-0.2, 0) is 11.2 Å². The van der Waals surface area contributed by atoms with Crippen LogP contribution in [0.25, 0.3) is 0 Å². The molecule has 0 unspecified atom stereocenters. The van der Waals surface area contributed by atoms with Gasteiger partial charge in [0.05, 0.1) is 11.4 Å². The summed E-state index contributed by atoms with van der Waals surface area (Å²) >= 11 is 9.33. The minimum Gasteiger partial charge on any atom is -0.351 e. The molecule has 0 bridgehead atoms. The first-order valence-corrected chi connectivity index (χ1v) is 6.20. The van der Waals surface area contributed by atoms with Crippen LogP contribution in [0, 0.1) is 0 Å². The summed E-state index contributed by atoms with van der Waals surface area (Å²) < 4.78 is 0.792. The summed E-state index contributed by atoms with van der Waals surface area (Å²) in [6, 6.07) is 5.52. The van der Waals surface area contributed by atoms with E-state index in [2.05, 4.69) is 21.2 Å². The van der Waals surface area contributed by atoms with E-state index < -0.39 is 0 Å². The molecule has 88 valence electrons. The Morgan fingerprint density at radius 3 is 2.62 bits per heavy atom. The molecular weight excluding hydrogens is 289 g/mol. The van der Waals surface area contributed by atoms with Gasteiger partial charge in [-0.2, -0.15) is 0 Å². The van der Waals surface area contributed by atoms with Crippen molar-refractivity contribution in [3.8, 4) is 0 Å². The van der Waals surface area contributed by atoms with E-state index in [4.69, 9.17) is 11.6 Å². The van der Waals surface area contributed by atoms with E-state index in [9.17, 15) is 4.79 Å². The zero-order valence-corrected chi connectivity index (χ0v) is 11.9. The molecule has 0 radical (unpaired) electrons. The fourth-order valence-corrected chi connectivity index (χ4v) is 1.92. The second-order valence-electron chi connectivity index (χ2n) is 4.69. The van der Waals surface area contributed by atoms with E-state index in [1.54, 1.807) is 6.07 Å². The van der Waals surface area contributed by atoms with Gasteiger partial charge in [-0.05, 0) is 48.3 Å². The topological polar surface area (TPSA) is 29.1 Å². The first kappa shape index (κ1) is 13.5. The maximum Gasteiger partial charge on any atom is 0.224 e. The molecule has 0 saturated carbocycles. The number of hydrogen-bond acceptors (Lipinski definition) is 1. The zero-order chi connectivity index (χ0) is 12.3. The molecule has 0 atom stereocenters. The maximum absolute atomic E-state index is 11.7. The SMILES string of the molecule is CC(C)(C)NC(=O)Cc1cccc(Cl)c1Br. The summed E-state index contributed by atoms with van der Waals surface area (Å²) in [5.74, 6) is -0.00420. The largest absolute Gasteiger partial charge is 0.351 e. The molecule has 0 spiro atoms. The molecule has 0 aliphatic heterocycles. The monoisotopic (exact) mass is 303 g/mol. The van der Waals surface area contributed by atoms with Crippen LogP contribution in [0.2, 0.25) is 5.02 Å². The second-order valence-corrected chi connectivity index (χ2v) is 5.89. The lowest BCUT2D eigenvalue weighted by Gasteiger charge is -2.20. The predicted octanol–water partition coefficient (Wildman–Crippen LogP) is 3.56. The Morgan fingerprint density at radius 2 is 2.06 bits per heavy atom. The van der Waals surface area contributed by atoms with E-state index in [1.165, 1.54) is 0 Å². The Labute approximate surface area is 110 Å². The Balaban J connectivity index is 2.74. The standard InChI is InChI=1S/C12H15BrClNO/c1-12(2,3)15-10(16)7-8-5-4-6-9(14)11(8)13/h4-6H,7H2,1-3H3,(H,15,16). The van der Waals surface area contributed by atoms with Gasteiger partial charge in [-0.1, -0.05) is 23.7 Å². The van der Waals surface area contributed by atoms with Gasteiger partial charge < -0.3 is 5.32 Å². The van der Waals surface area contributed by atoms with Gasteiger partial charge in [0.2, 0.25) is 5.91 Å². The highest BCUT2D eigenvalue weighted by Gasteiger charge is 2.15. The number of benzene rings is 1. The second kappa shape index (κ2) is 5.19. The van der Waals surface area contributed by atoms with Crippen LogP contribution in [0.4, 0.5) is 0 Å². The average Bonchev–Trinajstić information content (AvgIpc) is 2.09. The summed E-state index contributed by atoms with van der Waals surface area (Å²) in [7, 11) is 0. The van der Waals surface area contributed by atoms with Crippen molar-refractivity contribution in [2.24, 2.45) is 0 Å². The van der Waals surface area contributed by atoms with Crippen LogP contribution < -0.4 is 5.32 Å². The highest BCUT2D eigenvalue weighted by molar-refractivity contribution is 9.10. The third-order valence-electron chi connectivity index (χ3n) is 1.90.